The van der Waals surface area contributed by atoms with Gasteiger partial charge in [0.2, 0.25) is 5.88 Å². The van der Waals surface area contributed by atoms with Gasteiger partial charge in [-0.15, -0.1) is 0 Å². The number of rotatable bonds is 5. The average Bonchev–Trinajstić information content (AvgIpc) is 3.32. The van der Waals surface area contributed by atoms with Crippen LogP contribution in [0.1, 0.15) is 6.42 Å². The number of nitrogens with zero attached hydrogens (tertiary/aromatic N) is 4. The van der Waals surface area contributed by atoms with Gasteiger partial charge >= 0.3 is 0 Å². The van der Waals surface area contributed by atoms with Gasteiger partial charge in [0.25, 0.3) is 0 Å². The van der Waals surface area contributed by atoms with Crippen LogP contribution in [-0.4, -0.2) is 45.1 Å². The molecule has 1 saturated heterocycles. The van der Waals surface area contributed by atoms with Crippen molar-refractivity contribution in [1.82, 2.24) is 25.1 Å². The first-order valence-corrected chi connectivity index (χ1v) is 10.0. The van der Waals surface area contributed by atoms with Gasteiger partial charge in [0.05, 0.1) is 16.9 Å². The fourth-order valence-electron chi connectivity index (χ4n) is 3.52. The van der Waals surface area contributed by atoms with E-state index in [4.69, 9.17) is 4.74 Å². The van der Waals surface area contributed by atoms with Crippen molar-refractivity contribution < 1.29 is 13.5 Å². The molecule has 2 atom stereocenters. The normalized spacial score (nSPS) is 18.8. The standard InChI is InChI=1S/C22H20F2N6O/c23-16-10-15(30-9-1-7-27-30)3-4-18(16)28-21-11-19-14(12-26-21)2-5-22(29-19)31-20-6-8-25-13-17(20)24/h1-5,7,9-12,17,20,25H,6,8,13H2,(H,26,28)/t17-,20+/m0/s1. The summed E-state index contributed by atoms with van der Waals surface area (Å²) in [6.45, 7) is 0.988. The Morgan fingerprint density at radius 1 is 1.19 bits per heavy atom. The maximum Gasteiger partial charge on any atom is 0.214 e. The van der Waals surface area contributed by atoms with E-state index in [1.54, 1.807) is 53.6 Å². The summed E-state index contributed by atoms with van der Waals surface area (Å²) in [6, 6.07) is 11.8. The van der Waals surface area contributed by atoms with E-state index >= 15 is 0 Å². The molecule has 5 rings (SSSR count). The number of hydrogen-bond donors (Lipinski definition) is 2. The first kappa shape index (κ1) is 19.4. The molecule has 1 aliphatic rings. The topological polar surface area (TPSA) is 76.9 Å². The van der Waals surface area contributed by atoms with Gasteiger partial charge in [-0.05, 0) is 37.2 Å². The van der Waals surface area contributed by atoms with Crippen molar-refractivity contribution >= 4 is 22.4 Å². The first-order valence-electron chi connectivity index (χ1n) is 10.0. The lowest BCUT2D eigenvalue weighted by molar-refractivity contribution is 0.0696. The largest absolute Gasteiger partial charge is 0.471 e. The Morgan fingerprint density at radius 3 is 2.94 bits per heavy atom. The molecule has 1 aromatic carbocycles. The Labute approximate surface area is 177 Å². The number of ether oxygens (including phenoxy) is 1. The van der Waals surface area contributed by atoms with Crippen molar-refractivity contribution in [2.75, 3.05) is 18.4 Å². The van der Waals surface area contributed by atoms with E-state index in [2.05, 4.69) is 25.7 Å². The van der Waals surface area contributed by atoms with Crippen molar-refractivity contribution in [3.8, 4) is 11.6 Å². The number of alkyl halides is 1. The molecular formula is C22H20F2N6O. The second-order valence-electron chi connectivity index (χ2n) is 7.32. The van der Waals surface area contributed by atoms with Gasteiger partial charge in [0.1, 0.15) is 23.9 Å². The highest BCUT2D eigenvalue weighted by atomic mass is 19.1. The molecule has 1 fully saturated rings. The van der Waals surface area contributed by atoms with E-state index in [1.807, 2.05) is 6.07 Å². The first-order chi connectivity index (χ1) is 15.2. The SMILES string of the molecule is Fc1cc(-n2cccn2)ccc1Nc1cc2nc(O[C@@H]3CCNC[C@@H]3F)ccc2cn1. The van der Waals surface area contributed by atoms with Crippen LogP contribution in [0.15, 0.2) is 61.1 Å². The van der Waals surface area contributed by atoms with E-state index in [1.165, 1.54) is 6.07 Å². The summed E-state index contributed by atoms with van der Waals surface area (Å²) in [5, 5.41) is 10.9. The quantitative estimate of drug-likeness (QED) is 0.510. The predicted molar refractivity (Wildman–Crippen MR) is 113 cm³/mol. The van der Waals surface area contributed by atoms with Crippen LogP contribution in [0.4, 0.5) is 20.3 Å². The third-order valence-corrected chi connectivity index (χ3v) is 5.15. The number of aromatic nitrogens is 4. The molecule has 2 N–H and O–H groups in total. The van der Waals surface area contributed by atoms with Crippen LogP contribution in [0.3, 0.4) is 0 Å². The zero-order valence-electron chi connectivity index (χ0n) is 16.5. The van der Waals surface area contributed by atoms with Crippen LogP contribution >= 0.6 is 0 Å². The van der Waals surface area contributed by atoms with Gasteiger partial charge in [-0.1, -0.05) is 0 Å². The fourth-order valence-corrected chi connectivity index (χ4v) is 3.52. The minimum atomic E-state index is -1.08. The van der Waals surface area contributed by atoms with Gasteiger partial charge in [-0.3, -0.25) is 0 Å². The van der Waals surface area contributed by atoms with Gasteiger partial charge in [-0.25, -0.2) is 23.4 Å². The molecule has 158 valence electrons. The van der Waals surface area contributed by atoms with Crippen molar-refractivity contribution in [2.45, 2.75) is 18.7 Å². The number of pyridine rings is 2. The Hall–Kier alpha value is -3.59. The minimum Gasteiger partial charge on any atom is -0.471 e. The lowest BCUT2D eigenvalue weighted by Crippen LogP contribution is -2.44. The van der Waals surface area contributed by atoms with E-state index in [0.29, 0.717) is 35.9 Å². The Balaban J connectivity index is 1.36. The molecule has 1 aliphatic heterocycles. The molecule has 7 nitrogen and oxygen atoms in total. The molecule has 0 saturated carbocycles. The van der Waals surface area contributed by atoms with Crippen LogP contribution in [0.2, 0.25) is 0 Å². The minimum absolute atomic E-state index is 0.279. The van der Waals surface area contributed by atoms with Gasteiger partial charge in [0, 0.05) is 48.7 Å². The van der Waals surface area contributed by atoms with E-state index in [-0.39, 0.29) is 12.2 Å². The lowest BCUT2D eigenvalue weighted by Gasteiger charge is -2.26. The highest BCUT2D eigenvalue weighted by molar-refractivity contribution is 5.81. The molecule has 31 heavy (non-hydrogen) atoms. The van der Waals surface area contributed by atoms with Crippen molar-refractivity contribution in [3.63, 3.8) is 0 Å². The molecular weight excluding hydrogens is 402 g/mol. The van der Waals surface area contributed by atoms with Crippen molar-refractivity contribution in [3.05, 3.63) is 66.9 Å². The molecule has 4 aromatic rings. The third-order valence-electron chi connectivity index (χ3n) is 5.15. The van der Waals surface area contributed by atoms with E-state index in [9.17, 15) is 8.78 Å². The molecule has 4 heterocycles. The summed E-state index contributed by atoms with van der Waals surface area (Å²) in [7, 11) is 0. The number of anilines is 2. The van der Waals surface area contributed by atoms with Crippen LogP contribution in [0, 0.1) is 5.82 Å². The van der Waals surface area contributed by atoms with Gasteiger partial charge in [-0.2, -0.15) is 5.10 Å². The van der Waals surface area contributed by atoms with Crippen molar-refractivity contribution in [2.24, 2.45) is 0 Å². The number of benzene rings is 1. The highest BCUT2D eigenvalue weighted by Crippen LogP contribution is 2.25. The van der Waals surface area contributed by atoms with Gasteiger partial charge < -0.3 is 15.4 Å². The summed E-state index contributed by atoms with van der Waals surface area (Å²) < 4.78 is 36.0. The Kier molecular flexibility index (Phi) is 5.17. The smallest absolute Gasteiger partial charge is 0.214 e. The molecule has 3 aromatic heterocycles. The fraction of sp³-hybridized carbons (Fsp3) is 0.227. The zero-order valence-corrected chi connectivity index (χ0v) is 16.5. The average molecular weight is 422 g/mol. The number of fused-ring (bicyclic) bond motifs is 1. The maximum absolute atomic E-state index is 14.6. The Bertz CT molecular complexity index is 1200. The number of piperidine rings is 1. The molecule has 0 unspecified atom stereocenters. The van der Waals surface area contributed by atoms with Crippen LogP contribution in [-0.2, 0) is 0 Å². The zero-order chi connectivity index (χ0) is 21.2. The number of halogens is 2. The van der Waals surface area contributed by atoms with Crippen LogP contribution in [0.25, 0.3) is 16.6 Å². The molecule has 0 spiro atoms. The maximum atomic E-state index is 14.6. The highest BCUT2D eigenvalue weighted by Gasteiger charge is 2.26. The monoisotopic (exact) mass is 422 g/mol. The lowest BCUT2D eigenvalue weighted by atomic mass is 10.1. The molecule has 9 heteroatoms. The molecule has 0 amide bonds. The summed E-state index contributed by atoms with van der Waals surface area (Å²) in [5.41, 5.74) is 1.52. The van der Waals surface area contributed by atoms with Crippen LogP contribution in [0.5, 0.6) is 5.88 Å². The summed E-state index contributed by atoms with van der Waals surface area (Å²) in [5.74, 6) is 0.363. The summed E-state index contributed by atoms with van der Waals surface area (Å²) >= 11 is 0. The number of hydrogen-bond acceptors (Lipinski definition) is 6. The Morgan fingerprint density at radius 2 is 2.13 bits per heavy atom. The summed E-state index contributed by atoms with van der Waals surface area (Å²) in [6.07, 6.45) is 4.01. The predicted octanol–water partition coefficient (Wildman–Crippen LogP) is 3.78. The molecule has 0 bridgehead atoms. The van der Waals surface area contributed by atoms with Gasteiger partial charge in [0.15, 0.2) is 0 Å². The second-order valence-corrected chi connectivity index (χ2v) is 7.32. The molecule has 0 aliphatic carbocycles. The third kappa shape index (κ3) is 4.17. The summed E-state index contributed by atoms with van der Waals surface area (Å²) in [4.78, 5) is 8.81. The molecule has 0 radical (unpaired) electrons. The van der Waals surface area contributed by atoms with E-state index < -0.39 is 18.1 Å². The second kappa shape index (κ2) is 8.27. The number of nitrogens with one attached hydrogen (secondary N) is 2. The van der Waals surface area contributed by atoms with Crippen LogP contribution < -0.4 is 15.4 Å². The van der Waals surface area contributed by atoms with Crippen molar-refractivity contribution in [1.29, 1.82) is 0 Å². The van der Waals surface area contributed by atoms with E-state index in [0.717, 1.165) is 5.39 Å².